The summed E-state index contributed by atoms with van der Waals surface area (Å²) in [6, 6.07) is 3.80. The van der Waals surface area contributed by atoms with E-state index in [1.165, 1.54) is 24.1 Å². The monoisotopic (exact) mass is 340 g/mol. The molecule has 128 valence electrons. The average Bonchev–Trinajstić information content (AvgIpc) is 2.76. The Morgan fingerprint density at radius 3 is 2.96 bits per heavy atom. The maximum atomic E-state index is 13.9. The molecule has 0 unspecified atom stereocenters. The van der Waals surface area contributed by atoms with E-state index in [1.54, 1.807) is 6.07 Å². The Bertz CT molecular complexity index is 763. The molecule has 24 heavy (non-hydrogen) atoms. The van der Waals surface area contributed by atoms with Crippen molar-refractivity contribution in [1.82, 2.24) is 14.7 Å². The van der Waals surface area contributed by atoms with E-state index in [9.17, 15) is 18.0 Å². The van der Waals surface area contributed by atoms with Crippen molar-refractivity contribution >= 4 is 11.7 Å². The van der Waals surface area contributed by atoms with E-state index >= 15 is 0 Å². The van der Waals surface area contributed by atoms with Crippen LogP contribution in [0.1, 0.15) is 17.7 Å². The molecular formula is C15H15F3N4O2. The van der Waals surface area contributed by atoms with Crippen molar-refractivity contribution in [2.45, 2.75) is 13.0 Å². The lowest BCUT2D eigenvalue weighted by atomic mass is 10.2. The smallest absolute Gasteiger partial charge is 0.322 e. The van der Waals surface area contributed by atoms with Crippen LogP contribution in [0.2, 0.25) is 0 Å². The quantitative estimate of drug-likeness (QED) is 0.914. The first-order valence-electron chi connectivity index (χ1n) is 7.23. The lowest BCUT2D eigenvalue weighted by Crippen LogP contribution is -2.36. The summed E-state index contributed by atoms with van der Waals surface area (Å²) >= 11 is 0. The number of urea groups is 1. The van der Waals surface area contributed by atoms with Gasteiger partial charge in [0.2, 0.25) is 0 Å². The number of aryl methyl sites for hydroxylation is 1. The molecular weight excluding hydrogens is 325 g/mol. The maximum absolute atomic E-state index is 13.9. The van der Waals surface area contributed by atoms with E-state index in [0.29, 0.717) is 5.75 Å². The molecule has 2 heterocycles. The van der Waals surface area contributed by atoms with Crippen molar-refractivity contribution in [2.24, 2.45) is 7.05 Å². The van der Waals surface area contributed by atoms with Crippen LogP contribution in [0.25, 0.3) is 0 Å². The van der Waals surface area contributed by atoms with Crippen molar-refractivity contribution in [3.05, 3.63) is 41.5 Å². The first-order chi connectivity index (χ1) is 11.5. The highest BCUT2D eigenvalue weighted by atomic mass is 19.3. The minimum atomic E-state index is -2.78. The number of hydrogen-bond acceptors (Lipinski definition) is 3. The number of carbonyl (C=O) groups excluding carboxylic acids is 1. The number of anilines is 1. The first kappa shape index (κ1) is 16.2. The number of carbonyl (C=O) groups is 1. The Hall–Kier alpha value is -2.71. The first-order valence-corrected chi connectivity index (χ1v) is 7.23. The number of benzene rings is 1. The molecule has 0 fully saturated rings. The minimum absolute atomic E-state index is 0.0158. The van der Waals surface area contributed by atoms with E-state index in [4.69, 9.17) is 4.74 Å². The van der Waals surface area contributed by atoms with Crippen LogP contribution in [0, 0.1) is 5.82 Å². The molecule has 0 radical (unpaired) electrons. The number of nitrogens with one attached hydrogen (secondary N) is 1. The number of amides is 2. The van der Waals surface area contributed by atoms with Gasteiger partial charge in [-0.15, -0.1) is 0 Å². The zero-order chi connectivity index (χ0) is 17.3. The Balaban J connectivity index is 1.80. The lowest BCUT2D eigenvalue weighted by molar-refractivity contribution is 0.141. The van der Waals surface area contributed by atoms with Gasteiger partial charge in [0.1, 0.15) is 23.9 Å². The molecule has 2 amide bonds. The molecule has 0 saturated heterocycles. The van der Waals surface area contributed by atoms with Crippen LogP contribution >= 0.6 is 0 Å². The molecule has 0 aliphatic carbocycles. The van der Waals surface area contributed by atoms with Gasteiger partial charge in [-0.2, -0.15) is 5.10 Å². The Labute approximate surface area is 135 Å². The van der Waals surface area contributed by atoms with Crippen LogP contribution in [0.3, 0.4) is 0 Å². The highest BCUT2D eigenvalue weighted by molar-refractivity contribution is 5.90. The number of alkyl halides is 2. The highest BCUT2D eigenvalue weighted by Gasteiger charge is 2.25. The van der Waals surface area contributed by atoms with E-state index in [1.807, 2.05) is 0 Å². The zero-order valence-corrected chi connectivity index (χ0v) is 12.8. The fourth-order valence-corrected chi connectivity index (χ4v) is 2.53. The Morgan fingerprint density at radius 2 is 2.21 bits per heavy atom. The second kappa shape index (κ2) is 6.42. The van der Waals surface area contributed by atoms with Crippen molar-refractivity contribution in [1.29, 1.82) is 0 Å². The van der Waals surface area contributed by atoms with Gasteiger partial charge in [0, 0.05) is 12.6 Å². The van der Waals surface area contributed by atoms with Crippen molar-refractivity contribution in [3.63, 3.8) is 0 Å². The summed E-state index contributed by atoms with van der Waals surface area (Å²) in [5.74, 6) is -0.109. The molecule has 0 atom stereocenters. The number of aromatic nitrogens is 2. The summed E-state index contributed by atoms with van der Waals surface area (Å²) in [5.41, 5.74) is -0.206. The van der Waals surface area contributed by atoms with Crippen molar-refractivity contribution in [2.75, 3.05) is 18.5 Å². The molecule has 6 nitrogen and oxygen atoms in total. The van der Waals surface area contributed by atoms with Crippen LogP contribution in [0.5, 0.6) is 5.75 Å². The molecule has 0 spiro atoms. The molecule has 1 aromatic carbocycles. The standard InChI is InChI=1S/C15H15F3N4O2/c1-21-13(14(17)18)11(7-19-21)20-15(23)22-5-6-24-12-4-2-3-10(16)9(12)8-22/h2-4,7,14H,5-6,8H2,1H3,(H,20,23). The SMILES string of the molecule is Cn1ncc(NC(=O)N2CCOc3cccc(F)c3C2)c1C(F)F. The van der Waals surface area contributed by atoms with Crippen molar-refractivity contribution < 1.29 is 22.7 Å². The van der Waals surface area contributed by atoms with Crippen LogP contribution in [0.4, 0.5) is 23.7 Å². The number of rotatable bonds is 2. The van der Waals surface area contributed by atoms with Gasteiger partial charge in [-0.05, 0) is 12.1 Å². The zero-order valence-electron chi connectivity index (χ0n) is 12.8. The largest absolute Gasteiger partial charge is 0.491 e. The highest BCUT2D eigenvalue weighted by Crippen LogP contribution is 2.28. The molecule has 1 N–H and O–H groups in total. The molecule has 1 aliphatic rings. The summed E-state index contributed by atoms with van der Waals surface area (Å²) in [5, 5.41) is 6.13. The molecule has 2 aromatic rings. The molecule has 0 bridgehead atoms. The fraction of sp³-hybridized carbons (Fsp3) is 0.333. The summed E-state index contributed by atoms with van der Waals surface area (Å²) < 4.78 is 46.4. The number of ether oxygens (including phenoxy) is 1. The van der Waals surface area contributed by atoms with E-state index < -0.39 is 18.3 Å². The van der Waals surface area contributed by atoms with Crippen LogP contribution < -0.4 is 10.1 Å². The fourth-order valence-electron chi connectivity index (χ4n) is 2.53. The van der Waals surface area contributed by atoms with Gasteiger partial charge in [-0.25, -0.2) is 18.0 Å². The second-order valence-corrected chi connectivity index (χ2v) is 5.28. The number of hydrogen-bond donors (Lipinski definition) is 1. The Kier molecular flexibility index (Phi) is 4.32. The van der Waals surface area contributed by atoms with Gasteiger partial charge in [0.15, 0.2) is 0 Å². The van der Waals surface area contributed by atoms with E-state index in [0.717, 1.165) is 10.9 Å². The number of fused-ring (bicyclic) bond motifs is 1. The van der Waals surface area contributed by atoms with Gasteiger partial charge in [0.05, 0.1) is 25.0 Å². The van der Waals surface area contributed by atoms with E-state index in [-0.39, 0.29) is 36.6 Å². The topological polar surface area (TPSA) is 59.4 Å². The van der Waals surface area contributed by atoms with E-state index in [2.05, 4.69) is 10.4 Å². The second-order valence-electron chi connectivity index (χ2n) is 5.28. The van der Waals surface area contributed by atoms with Gasteiger partial charge in [-0.1, -0.05) is 6.07 Å². The predicted molar refractivity (Wildman–Crippen MR) is 79.5 cm³/mol. The third-order valence-corrected chi connectivity index (χ3v) is 3.76. The minimum Gasteiger partial charge on any atom is -0.491 e. The van der Waals surface area contributed by atoms with Crippen molar-refractivity contribution in [3.8, 4) is 5.75 Å². The summed E-state index contributed by atoms with van der Waals surface area (Å²) in [6.07, 6.45) is -1.62. The van der Waals surface area contributed by atoms with Gasteiger partial charge in [-0.3, -0.25) is 4.68 Å². The lowest BCUT2D eigenvalue weighted by Gasteiger charge is -2.20. The number of halogens is 3. The van der Waals surface area contributed by atoms with Gasteiger partial charge >= 0.3 is 6.03 Å². The summed E-state index contributed by atoms with van der Waals surface area (Å²) in [7, 11) is 1.36. The summed E-state index contributed by atoms with van der Waals surface area (Å²) in [6.45, 7) is 0.362. The molecule has 0 saturated carbocycles. The Morgan fingerprint density at radius 1 is 1.42 bits per heavy atom. The van der Waals surface area contributed by atoms with Crippen LogP contribution in [-0.2, 0) is 13.6 Å². The number of nitrogens with zero attached hydrogens (tertiary/aromatic N) is 3. The third-order valence-electron chi connectivity index (χ3n) is 3.76. The molecule has 3 rings (SSSR count). The molecule has 9 heteroatoms. The average molecular weight is 340 g/mol. The normalized spacial score (nSPS) is 14.1. The summed E-state index contributed by atoms with van der Waals surface area (Å²) in [4.78, 5) is 13.7. The predicted octanol–water partition coefficient (Wildman–Crippen LogP) is 2.92. The maximum Gasteiger partial charge on any atom is 0.322 e. The third kappa shape index (κ3) is 3.01. The van der Waals surface area contributed by atoms with Crippen LogP contribution in [0.15, 0.2) is 24.4 Å². The molecule has 1 aromatic heterocycles. The van der Waals surface area contributed by atoms with Gasteiger partial charge < -0.3 is 15.0 Å². The molecule has 1 aliphatic heterocycles. The van der Waals surface area contributed by atoms with Gasteiger partial charge in [0.25, 0.3) is 6.43 Å². The van der Waals surface area contributed by atoms with Crippen LogP contribution in [-0.4, -0.2) is 33.9 Å².